The number of halogens is 1. The summed E-state index contributed by atoms with van der Waals surface area (Å²) < 4.78 is 17.9. The summed E-state index contributed by atoms with van der Waals surface area (Å²) >= 11 is 6.52. The van der Waals surface area contributed by atoms with E-state index >= 15 is 0 Å². The highest BCUT2D eigenvalue weighted by Crippen LogP contribution is 2.32. The summed E-state index contributed by atoms with van der Waals surface area (Å²) in [6.07, 6.45) is 2.26. The van der Waals surface area contributed by atoms with E-state index < -0.39 is 0 Å². The van der Waals surface area contributed by atoms with Crippen molar-refractivity contribution in [2.45, 2.75) is 19.1 Å². The highest BCUT2D eigenvalue weighted by molar-refractivity contribution is 6.18. The third kappa shape index (κ3) is 8.59. The van der Waals surface area contributed by atoms with Crippen molar-refractivity contribution in [3.63, 3.8) is 0 Å². The molecule has 5 rings (SSSR count). The first-order valence-corrected chi connectivity index (χ1v) is 14.8. The van der Waals surface area contributed by atoms with Crippen LogP contribution in [-0.4, -0.2) is 19.1 Å². The molecule has 0 heterocycles. The quantitative estimate of drug-likeness (QED) is 0.0976. The molecular weight excluding hydrogens is 540 g/mol. The molecule has 0 spiro atoms. The van der Waals surface area contributed by atoms with Crippen molar-refractivity contribution >= 4 is 17.2 Å². The first-order valence-electron chi connectivity index (χ1n) is 14.2. The Kier molecular flexibility index (Phi) is 10.9. The van der Waals surface area contributed by atoms with Crippen molar-refractivity contribution in [3.8, 4) is 11.5 Å². The molecule has 0 bridgehead atoms. The van der Waals surface area contributed by atoms with E-state index in [9.17, 15) is 0 Å². The molecule has 0 amide bonds. The summed E-state index contributed by atoms with van der Waals surface area (Å²) in [5.74, 6) is 2.15. The average molecular weight is 575 g/mol. The minimum Gasteiger partial charge on any atom is -0.491 e. The third-order valence-electron chi connectivity index (χ3n) is 6.93. The number of hydrogen-bond acceptors (Lipinski definition) is 3. The molecule has 0 N–H and O–H groups in total. The van der Waals surface area contributed by atoms with Gasteiger partial charge < -0.3 is 14.2 Å². The normalized spacial score (nSPS) is 12.1. The molecule has 0 aliphatic carbocycles. The molecule has 0 radical (unpaired) electrons. The third-order valence-corrected chi connectivity index (χ3v) is 7.26. The minimum absolute atomic E-state index is 0.0504. The number of allylic oxidation sites excluding steroid dienone is 1. The van der Waals surface area contributed by atoms with Crippen LogP contribution in [0.15, 0.2) is 146 Å². The van der Waals surface area contributed by atoms with Crippen LogP contribution >= 0.6 is 11.6 Å². The van der Waals surface area contributed by atoms with E-state index in [0.29, 0.717) is 32.3 Å². The summed E-state index contributed by atoms with van der Waals surface area (Å²) in [6.45, 7) is 2.09. The van der Waals surface area contributed by atoms with Crippen molar-refractivity contribution in [1.82, 2.24) is 0 Å². The Balaban J connectivity index is 1.32. The number of rotatable bonds is 14. The van der Waals surface area contributed by atoms with Crippen LogP contribution in [0.1, 0.15) is 33.7 Å². The van der Waals surface area contributed by atoms with Gasteiger partial charge in [-0.15, -0.1) is 11.6 Å². The minimum atomic E-state index is 0.0504. The van der Waals surface area contributed by atoms with Crippen LogP contribution in [0.5, 0.6) is 11.5 Å². The Morgan fingerprint density at radius 3 is 1.88 bits per heavy atom. The maximum atomic E-state index is 6.52. The van der Waals surface area contributed by atoms with Gasteiger partial charge in [-0.1, -0.05) is 121 Å². The highest BCUT2D eigenvalue weighted by Gasteiger charge is 2.13. The zero-order chi connectivity index (χ0) is 28.8. The molecule has 42 heavy (non-hydrogen) atoms. The van der Waals surface area contributed by atoms with Crippen LogP contribution in [0.4, 0.5) is 0 Å². The van der Waals surface area contributed by atoms with Gasteiger partial charge in [-0.3, -0.25) is 0 Å². The van der Waals surface area contributed by atoms with E-state index in [4.69, 9.17) is 25.8 Å². The Morgan fingerprint density at radius 2 is 1.21 bits per heavy atom. The van der Waals surface area contributed by atoms with E-state index in [1.165, 1.54) is 5.56 Å². The predicted octanol–water partition coefficient (Wildman–Crippen LogP) is 9.32. The molecule has 5 aromatic carbocycles. The second-order valence-corrected chi connectivity index (χ2v) is 10.3. The standard InChI is InChI=1S/C38H35ClO3/c39-27-35(32-15-8-3-9-16-32)26-38(34-17-10-18-37(25-34)42-29-31-13-6-2-7-14-31)33-19-21-36(22-20-33)41-24-23-40-28-30-11-4-1-5-12-30/h1-22,25-26,35H,23-24,27-29H2/b38-26+. The second-order valence-electron chi connectivity index (χ2n) is 9.96. The van der Waals surface area contributed by atoms with Gasteiger partial charge in [0.05, 0.1) is 13.2 Å². The SMILES string of the molecule is ClCC(/C=C(\c1ccc(OCCOCc2ccccc2)cc1)c1cccc(OCc2ccccc2)c1)c1ccccc1. The van der Waals surface area contributed by atoms with Gasteiger partial charge in [0.15, 0.2) is 0 Å². The van der Waals surface area contributed by atoms with Gasteiger partial charge in [0.1, 0.15) is 24.7 Å². The van der Waals surface area contributed by atoms with Crippen LogP contribution in [0.3, 0.4) is 0 Å². The lowest BCUT2D eigenvalue weighted by Crippen LogP contribution is -2.06. The van der Waals surface area contributed by atoms with E-state index in [1.807, 2.05) is 66.7 Å². The highest BCUT2D eigenvalue weighted by atomic mass is 35.5. The van der Waals surface area contributed by atoms with Crippen molar-refractivity contribution in [2.24, 2.45) is 0 Å². The first kappa shape index (κ1) is 29.2. The summed E-state index contributed by atoms with van der Waals surface area (Å²) in [5.41, 5.74) is 6.69. The van der Waals surface area contributed by atoms with Crippen LogP contribution < -0.4 is 9.47 Å². The summed E-state index contributed by atoms with van der Waals surface area (Å²) in [6, 6.07) is 47.2. The Morgan fingerprint density at radius 1 is 0.571 bits per heavy atom. The van der Waals surface area contributed by atoms with Crippen LogP contribution in [0.25, 0.3) is 5.57 Å². The summed E-state index contributed by atoms with van der Waals surface area (Å²) in [4.78, 5) is 0. The largest absolute Gasteiger partial charge is 0.491 e. The molecule has 1 unspecified atom stereocenters. The van der Waals surface area contributed by atoms with Crippen LogP contribution in [0.2, 0.25) is 0 Å². The predicted molar refractivity (Wildman–Crippen MR) is 172 cm³/mol. The van der Waals surface area contributed by atoms with Gasteiger partial charge in [-0.2, -0.15) is 0 Å². The molecular formula is C38H35ClO3. The molecule has 0 saturated carbocycles. The molecule has 212 valence electrons. The number of ether oxygens (including phenoxy) is 3. The topological polar surface area (TPSA) is 27.7 Å². The maximum Gasteiger partial charge on any atom is 0.120 e. The van der Waals surface area contributed by atoms with Gasteiger partial charge in [-0.25, -0.2) is 0 Å². The number of benzene rings is 5. The van der Waals surface area contributed by atoms with Crippen LogP contribution in [0, 0.1) is 0 Å². The van der Waals surface area contributed by atoms with E-state index in [-0.39, 0.29) is 5.92 Å². The van der Waals surface area contributed by atoms with Crippen molar-refractivity contribution in [3.05, 3.63) is 173 Å². The molecule has 5 aromatic rings. The molecule has 4 heteroatoms. The average Bonchev–Trinajstić information content (AvgIpc) is 3.06. The van der Waals surface area contributed by atoms with Crippen molar-refractivity contribution in [1.29, 1.82) is 0 Å². The van der Waals surface area contributed by atoms with Crippen molar-refractivity contribution in [2.75, 3.05) is 19.1 Å². The molecule has 1 atom stereocenters. The Bertz CT molecular complexity index is 1520. The van der Waals surface area contributed by atoms with Gasteiger partial charge in [0, 0.05) is 11.8 Å². The van der Waals surface area contributed by atoms with Crippen LogP contribution in [-0.2, 0) is 18.0 Å². The fraction of sp³-hybridized carbons (Fsp3) is 0.158. The van der Waals surface area contributed by atoms with Gasteiger partial charge in [0.2, 0.25) is 0 Å². The Labute approximate surface area is 254 Å². The van der Waals surface area contributed by atoms with Gasteiger partial charge in [0.25, 0.3) is 0 Å². The zero-order valence-electron chi connectivity index (χ0n) is 23.6. The van der Waals surface area contributed by atoms with Gasteiger partial charge >= 0.3 is 0 Å². The molecule has 0 fully saturated rings. The molecule has 0 aromatic heterocycles. The molecule has 3 nitrogen and oxygen atoms in total. The fourth-order valence-electron chi connectivity index (χ4n) is 4.70. The molecule has 0 saturated heterocycles. The lowest BCUT2D eigenvalue weighted by molar-refractivity contribution is 0.0889. The zero-order valence-corrected chi connectivity index (χ0v) is 24.3. The fourth-order valence-corrected chi connectivity index (χ4v) is 4.97. The number of hydrogen-bond donors (Lipinski definition) is 0. The van der Waals surface area contributed by atoms with E-state index in [0.717, 1.165) is 39.3 Å². The van der Waals surface area contributed by atoms with E-state index in [2.05, 4.69) is 78.9 Å². The van der Waals surface area contributed by atoms with Crippen molar-refractivity contribution < 1.29 is 14.2 Å². The first-order chi connectivity index (χ1) is 20.8. The Hall–Kier alpha value is -4.31. The second kappa shape index (κ2) is 15.6. The summed E-state index contributed by atoms with van der Waals surface area (Å²) in [5, 5.41) is 0. The number of alkyl halides is 1. The maximum absolute atomic E-state index is 6.52. The smallest absolute Gasteiger partial charge is 0.120 e. The molecule has 0 aliphatic heterocycles. The monoisotopic (exact) mass is 574 g/mol. The lowest BCUT2D eigenvalue weighted by atomic mass is 9.91. The van der Waals surface area contributed by atoms with Gasteiger partial charge in [-0.05, 0) is 57.7 Å². The van der Waals surface area contributed by atoms with E-state index in [1.54, 1.807) is 0 Å². The molecule has 0 aliphatic rings. The lowest BCUT2D eigenvalue weighted by Gasteiger charge is -2.16. The summed E-state index contributed by atoms with van der Waals surface area (Å²) in [7, 11) is 0.